The second-order valence-corrected chi connectivity index (χ2v) is 5.98. The summed E-state index contributed by atoms with van der Waals surface area (Å²) in [5, 5.41) is 16.9. The number of amides is 1. The third kappa shape index (κ3) is 3.41. The predicted molar refractivity (Wildman–Crippen MR) is 88.6 cm³/mol. The Kier molecular flexibility index (Phi) is 4.80. The summed E-state index contributed by atoms with van der Waals surface area (Å²) in [5.41, 5.74) is 1.63. The molecule has 2 aromatic rings. The van der Waals surface area contributed by atoms with Crippen molar-refractivity contribution in [2.45, 2.75) is 39.3 Å². The van der Waals surface area contributed by atoms with Gasteiger partial charge in [0.25, 0.3) is 0 Å². The lowest BCUT2D eigenvalue weighted by Gasteiger charge is -2.30. The SMILES string of the molecule is CCn1cc([C@@H]2OCCC[C@H]2C(=O)Nc2nc(C)ccc2O)cn1. The van der Waals surface area contributed by atoms with Gasteiger partial charge in [-0.1, -0.05) is 0 Å². The van der Waals surface area contributed by atoms with Crippen LogP contribution in [0.3, 0.4) is 0 Å². The zero-order valence-electron chi connectivity index (χ0n) is 13.9. The van der Waals surface area contributed by atoms with Crippen molar-refractivity contribution < 1.29 is 14.6 Å². The van der Waals surface area contributed by atoms with E-state index in [0.29, 0.717) is 6.61 Å². The Bertz CT molecular complexity index is 728. The van der Waals surface area contributed by atoms with Gasteiger partial charge in [0.15, 0.2) is 11.6 Å². The summed E-state index contributed by atoms with van der Waals surface area (Å²) in [7, 11) is 0. The highest BCUT2D eigenvalue weighted by atomic mass is 16.5. The predicted octanol–water partition coefficient (Wildman–Crippen LogP) is 2.42. The highest BCUT2D eigenvalue weighted by Crippen LogP contribution is 2.34. The molecule has 0 spiro atoms. The molecule has 3 rings (SSSR count). The third-order valence-corrected chi connectivity index (χ3v) is 4.22. The van der Waals surface area contributed by atoms with E-state index in [4.69, 9.17) is 4.74 Å². The minimum atomic E-state index is -0.338. The number of nitrogens with one attached hydrogen (secondary N) is 1. The van der Waals surface area contributed by atoms with Gasteiger partial charge >= 0.3 is 0 Å². The third-order valence-electron chi connectivity index (χ3n) is 4.22. The van der Waals surface area contributed by atoms with Gasteiger partial charge in [0, 0.05) is 30.6 Å². The molecule has 0 aromatic carbocycles. The van der Waals surface area contributed by atoms with E-state index in [1.54, 1.807) is 19.2 Å². The van der Waals surface area contributed by atoms with Crippen LogP contribution >= 0.6 is 0 Å². The number of aromatic hydroxyl groups is 1. The number of aromatic nitrogens is 3. The Hall–Kier alpha value is -2.41. The molecule has 128 valence electrons. The molecule has 0 aliphatic carbocycles. The number of rotatable bonds is 4. The van der Waals surface area contributed by atoms with Crippen molar-refractivity contribution in [3.63, 3.8) is 0 Å². The number of carbonyl (C=O) groups excluding carboxylic acids is 1. The van der Waals surface area contributed by atoms with Crippen molar-refractivity contribution >= 4 is 11.7 Å². The van der Waals surface area contributed by atoms with Gasteiger partial charge in [-0.15, -0.1) is 0 Å². The minimum absolute atomic E-state index is 0.0407. The average Bonchev–Trinajstić information content (AvgIpc) is 3.07. The first kappa shape index (κ1) is 16.4. The Morgan fingerprint density at radius 1 is 1.50 bits per heavy atom. The van der Waals surface area contributed by atoms with Gasteiger partial charge in [-0.05, 0) is 38.8 Å². The summed E-state index contributed by atoms with van der Waals surface area (Å²) in [5.74, 6) is -0.387. The molecule has 1 fully saturated rings. The maximum absolute atomic E-state index is 12.7. The fourth-order valence-corrected chi connectivity index (χ4v) is 2.93. The van der Waals surface area contributed by atoms with E-state index in [0.717, 1.165) is 30.6 Å². The fourth-order valence-electron chi connectivity index (χ4n) is 2.93. The molecule has 24 heavy (non-hydrogen) atoms. The Morgan fingerprint density at radius 3 is 3.08 bits per heavy atom. The lowest BCUT2D eigenvalue weighted by Crippen LogP contribution is -2.33. The lowest BCUT2D eigenvalue weighted by atomic mass is 9.90. The normalized spacial score (nSPS) is 20.8. The number of carbonyl (C=O) groups is 1. The van der Waals surface area contributed by atoms with E-state index in [9.17, 15) is 9.90 Å². The molecule has 1 aliphatic rings. The molecule has 3 heterocycles. The van der Waals surface area contributed by atoms with E-state index >= 15 is 0 Å². The standard InChI is InChI=1S/C17H22N4O3/c1-3-21-10-12(9-18-21)15-13(5-4-8-24-15)17(23)20-16-14(22)7-6-11(2)19-16/h6-7,9-10,13,15,22H,3-5,8H2,1-2H3,(H,19,20,23)/t13-,15+/m1/s1. The van der Waals surface area contributed by atoms with Crippen LogP contribution in [0.5, 0.6) is 5.75 Å². The molecule has 2 N–H and O–H groups in total. The smallest absolute Gasteiger partial charge is 0.231 e. The van der Waals surface area contributed by atoms with Crippen LogP contribution in [0, 0.1) is 12.8 Å². The monoisotopic (exact) mass is 330 g/mol. The quantitative estimate of drug-likeness (QED) is 0.898. The summed E-state index contributed by atoms with van der Waals surface area (Å²) < 4.78 is 7.67. The van der Waals surface area contributed by atoms with Gasteiger partial charge < -0.3 is 15.2 Å². The number of hydrogen-bond donors (Lipinski definition) is 2. The highest BCUT2D eigenvalue weighted by molar-refractivity contribution is 5.93. The summed E-state index contributed by atoms with van der Waals surface area (Å²) in [6.07, 6.45) is 4.89. The van der Waals surface area contributed by atoms with Crippen LogP contribution in [0.15, 0.2) is 24.5 Å². The molecular weight excluding hydrogens is 308 g/mol. The zero-order chi connectivity index (χ0) is 17.1. The average molecular weight is 330 g/mol. The van der Waals surface area contributed by atoms with Crippen molar-refractivity contribution in [1.29, 1.82) is 0 Å². The van der Waals surface area contributed by atoms with Crippen molar-refractivity contribution in [2.75, 3.05) is 11.9 Å². The van der Waals surface area contributed by atoms with Crippen LogP contribution in [0.1, 0.15) is 37.1 Å². The largest absolute Gasteiger partial charge is 0.504 e. The fraction of sp³-hybridized carbons (Fsp3) is 0.471. The van der Waals surface area contributed by atoms with E-state index in [2.05, 4.69) is 15.4 Å². The Balaban J connectivity index is 1.79. The molecule has 0 unspecified atom stereocenters. The van der Waals surface area contributed by atoms with Gasteiger partial charge in [0.2, 0.25) is 5.91 Å². The van der Waals surface area contributed by atoms with E-state index < -0.39 is 0 Å². The van der Waals surface area contributed by atoms with Crippen LogP contribution in [0.4, 0.5) is 5.82 Å². The van der Waals surface area contributed by atoms with E-state index in [-0.39, 0.29) is 29.5 Å². The number of nitrogens with zero attached hydrogens (tertiary/aromatic N) is 3. The molecule has 2 atom stereocenters. The number of ether oxygens (including phenoxy) is 1. The molecule has 1 amide bonds. The number of aryl methyl sites for hydroxylation is 2. The highest BCUT2D eigenvalue weighted by Gasteiger charge is 2.34. The van der Waals surface area contributed by atoms with Gasteiger partial charge in [-0.2, -0.15) is 5.10 Å². The van der Waals surface area contributed by atoms with E-state index in [1.165, 1.54) is 6.07 Å². The minimum Gasteiger partial charge on any atom is -0.504 e. The molecule has 1 aliphatic heterocycles. The van der Waals surface area contributed by atoms with Crippen LogP contribution in [0.25, 0.3) is 0 Å². The second-order valence-electron chi connectivity index (χ2n) is 5.98. The number of anilines is 1. The molecule has 1 saturated heterocycles. The molecule has 0 saturated carbocycles. The number of hydrogen-bond acceptors (Lipinski definition) is 5. The summed E-state index contributed by atoms with van der Waals surface area (Å²) >= 11 is 0. The summed E-state index contributed by atoms with van der Waals surface area (Å²) in [6, 6.07) is 3.22. The zero-order valence-corrected chi connectivity index (χ0v) is 13.9. The lowest BCUT2D eigenvalue weighted by molar-refractivity contribution is -0.129. The number of pyridine rings is 1. The molecule has 0 bridgehead atoms. The topological polar surface area (TPSA) is 89.3 Å². The van der Waals surface area contributed by atoms with Crippen molar-refractivity contribution in [3.8, 4) is 5.75 Å². The molecule has 7 nitrogen and oxygen atoms in total. The second kappa shape index (κ2) is 7.00. The van der Waals surface area contributed by atoms with Crippen LogP contribution in [-0.4, -0.2) is 32.4 Å². The Morgan fingerprint density at radius 2 is 2.33 bits per heavy atom. The molecule has 7 heteroatoms. The Labute approximate surface area is 140 Å². The van der Waals surface area contributed by atoms with Crippen LogP contribution in [-0.2, 0) is 16.1 Å². The van der Waals surface area contributed by atoms with Crippen molar-refractivity contribution in [1.82, 2.24) is 14.8 Å². The van der Waals surface area contributed by atoms with Crippen LogP contribution in [0.2, 0.25) is 0 Å². The van der Waals surface area contributed by atoms with Crippen LogP contribution < -0.4 is 5.32 Å². The van der Waals surface area contributed by atoms with Crippen molar-refractivity contribution in [2.24, 2.45) is 5.92 Å². The first-order valence-electron chi connectivity index (χ1n) is 8.20. The summed E-state index contributed by atoms with van der Waals surface area (Å²) in [4.78, 5) is 16.9. The van der Waals surface area contributed by atoms with Gasteiger partial charge in [-0.3, -0.25) is 9.48 Å². The van der Waals surface area contributed by atoms with E-state index in [1.807, 2.05) is 17.8 Å². The first-order chi connectivity index (χ1) is 11.6. The van der Waals surface area contributed by atoms with Crippen molar-refractivity contribution in [3.05, 3.63) is 35.8 Å². The molecular formula is C17H22N4O3. The van der Waals surface area contributed by atoms with Gasteiger partial charge in [-0.25, -0.2) is 4.98 Å². The first-order valence-corrected chi connectivity index (χ1v) is 8.20. The summed E-state index contributed by atoms with van der Waals surface area (Å²) in [6.45, 7) is 5.21. The molecule has 2 aromatic heterocycles. The van der Waals surface area contributed by atoms with Gasteiger partial charge in [0.05, 0.1) is 18.2 Å². The maximum atomic E-state index is 12.7. The molecule has 0 radical (unpaired) electrons. The van der Waals surface area contributed by atoms with Gasteiger partial charge in [0.1, 0.15) is 0 Å². The maximum Gasteiger partial charge on any atom is 0.231 e.